The molecule has 3 fully saturated rings. The number of aromatic amines is 1. The maximum Gasteiger partial charge on any atom is 0.293 e. The predicted molar refractivity (Wildman–Crippen MR) is 328 cm³/mol. The van der Waals surface area contributed by atoms with Crippen molar-refractivity contribution < 1.29 is 42.1 Å². The van der Waals surface area contributed by atoms with Crippen molar-refractivity contribution in [1.82, 2.24) is 35.1 Å². The van der Waals surface area contributed by atoms with Crippen LogP contribution in [-0.2, 0) is 19.6 Å². The number of unbranched alkanes of at least 4 members (excludes halogenated alkanes) is 1. The first-order chi connectivity index (χ1) is 41.4. The number of anilines is 3. The van der Waals surface area contributed by atoms with Gasteiger partial charge in [0.25, 0.3) is 33.4 Å². The first-order valence-electron chi connectivity index (χ1n) is 29.5. The van der Waals surface area contributed by atoms with Crippen molar-refractivity contribution >= 4 is 90.5 Å². The van der Waals surface area contributed by atoms with Gasteiger partial charge in [-0.05, 0) is 154 Å². The fraction of sp³-hybridized carbons (Fsp3) is 0.397. The molecular formula is C63H70ClN11O10S. The number of nitrogens with zero attached hydrogens (tertiary/aromatic N) is 5. The molecule has 0 spiro atoms. The van der Waals surface area contributed by atoms with E-state index in [9.17, 15) is 42.5 Å². The van der Waals surface area contributed by atoms with Crippen LogP contribution in [0.1, 0.15) is 121 Å². The molecule has 86 heavy (non-hydrogen) atoms. The summed E-state index contributed by atoms with van der Waals surface area (Å²) in [7, 11) is -4.64. The van der Waals surface area contributed by atoms with Gasteiger partial charge in [0.1, 0.15) is 28.9 Å². The zero-order valence-electron chi connectivity index (χ0n) is 48.1. The molecule has 1 atom stereocenters. The van der Waals surface area contributed by atoms with Crippen molar-refractivity contribution in [3.8, 4) is 11.5 Å². The molecule has 1 saturated carbocycles. The van der Waals surface area contributed by atoms with Gasteiger partial charge < -0.3 is 30.6 Å². The lowest BCUT2D eigenvalue weighted by Crippen LogP contribution is -2.54. The SMILES string of the molecule is CC1(C)CCC(CN2CCN(c3ccc(C(=O)NS(=O)(=O)c4ccc(NC[C@H]5CC[C@@H](NCCCCNc6cccc7c6C(=O)N(C6CCC(=O)NC6=O)C7=O)CC5)c([N+](=O)[O-])c4)c(Oc4cnc5[nH]ccc5c4)c3)CC2)=C(c2ccc(Cl)cc2)C1. The van der Waals surface area contributed by atoms with Crippen LogP contribution < -0.4 is 35.6 Å². The lowest BCUT2D eigenvalue weighted by atomic mass is 9.72. The van der Waals surface area contributed by atoms with Crippen LogP contribution in [0.2, 0.25) is 5.02 Å². The van der Waals surface area contributed by atoms with Crippen LogP contribution in [0.3, 0.4) is 0 Å². The van der Waals surface area contributed by atoms with E-state index in [-0.39, 0.29) is 52.3 Å². The minimum Gasteiger partial charge on any atom is -0.455 e. The third kappa shape index (κ3) is 13.4. The van der Waals surface area contributed by atoms with Gasteiger partial charge in [-0.1, -0.05) is 49.2 Å². The molecule has 0 bridgehead atoms. The number of benzene rings is 4. The minimum absolute atomic E-state index is 0.0463. The van der Waals surface area contributed by atoms with E-state index in [4.69, 9.17) is 16.3 Å². The zero-order chi connectivity index (χ0) is 60.3. The van der Waals surface area contributed by atoms with E-state index < -0.39 is 61.1 Å². The molecule has 23 heteroatoms. The van der Waals surface area contributed by atoms with Crippen LogP contribution in [0, 0.1) is 21.4 Å². The smallest absolute Gasteiger partial charge is 0.293 e. The highest BCUT2D eigenvalue weighted by molar-refractivity contribution is 7.90. The monoisotopic (exact) mass is 1210 g/mol. The van der Waals surface area contributed by atoms with E-state index >= 15 is 0 Å². The number of carbonyl (C=O) groups excluding carboxylic acids is 5. The second-order valence-electron chi connectivity index (χ2n) is 23.8. The molecule has 5 heterocycles. The fourth-order valence-corrected chi connectivity index (χ4v) is 13.6. The molecule has 11 rings (SSSR count). The van der Waals surface area contributed by atoms with Crippen LogP contribution in [0.5, 0.6) is 11.5 Å². The number of amides is 5. The molecule has 0 radical (unpaired) electrons. The highest BCUT2D eigenvalue weighted by Gasteiger charge is 2.46. The van der Waals surface area contributed by atoms with E-state index in [0.29, 0.717) is 54.3 Å². The first kappa shape index (κ1) is 59.5. The van der Waals surface area contributed by atoms with Gasteiger partial charge in [-0.25, -0.2) is 18.1 Å². The topological polar surface area (TPSA) is 270 Å². The van der Waals surface area contributed by atoms with Crippen molar-refractivity contribution in [2.75, 3.05) is 67.9 Å². The number of allylic oxidation sites excluding steroid dienone is 1. The molecule has 2 aliphatic carbocycles. The van der Waals surface area contributed by atoms with Crippen molar-refractivity contribution in [3.05, 3.63) is 146 Å². The van der Waals surface area contributed by atoms with Crippen LogP contribution in [0.4, 0.5) is 22.7 Å². The Morgan fingerprint density at radius 3 is 2.41 bits per heavy atom. The average Bonchev–Trinajstić information content (AvgIpc) is 2.05. The summed E-state index contributed by atoms with van der Waals surface area (Å²) in [6.45, 7) is 10.3. The summed E-state index contributed by atoms with van der Waals surface area (Å²) < 4.78 is 36.5. The Hall–Kier alpha value is -8.18. The third-order valence-corrected chi connectivity index (χ3v) is 18.9. The molecule has 3 aliphatic heterocycles. The number of fused-ring (bicyclic) bond motifs is 2. The lowest BCUT2D eigenvalue weighted by molar-refractivity contribution is -0.384. The molecule has 450 valence electrons. The quantitative estimate of drug-likeness (QED) is 0.0169. The average molecular weight is 1210 g/mol. The molecule has 6 aromatic rings. The Morgan fingerprint density at radius 1 is 0.860 bits per heavy atom. The largest absolute Gasteiger partial charge is 0.455 e. The summed E-state index contributed by atoms with van der Waals surface area (Å²) in [5, 5.41) is 26.3. The Morgan fingerprint density at radius 2 is 1.64 bits per heavy atom. The van der Waals surface area contributed by atoms with Crippen molar-refractivity contribution in [3.63, 3.8) is 0 Å². The summed E-state index contributed by atoms with van der Waals surface area (Å²) in [6.07, 6.45) is 11.7. The standard InChI is InChI=1S/C63H70ClN11O10S/c1-63(2)24-22-42(50(35-63)40-10-12-43(64)13-11-40)38-72-28-30-73(31-29-72)45-16-18-48(55(33-45)85-46-32-41-23-27-67-58(41)69-37-46)59(77)71-86(83,84)47-17-19-51(54(34-47)75(81)82)68-36-39-8-14-44(15-9-39)65-25-3-4-26-66-52-7-5-6-49-57(52)62(80)74(61(49)79)53-20-21-56(76)70-60(53)78/h5-7,10-13,16-19,23,27,32-34,37,39,44,53,65-66,68H,3-4,8-9,14-15,20-22,24-26,28-31,35-36,38H2,1-2H3,(H,67,69)(H,71,77)(H,70,76,78)/t39-,44+,53?. The van der Waals surface area contributed by atoms with Gasteiger partial charge in [-0.2, -0.15) is 0 Å². The van der Waals surface area contributed by atoms with Gasteiger partial charge in [0.05, 0.1) is 32.7 Å². The van der Waals surface area contributed by atoms with Gasteiger partial charge >= 0.3 is 0 Å². The second kappa shape index (κ2) is 25.4. The number of piperazine rings is 1. The third-order valence-electron chi connectivity index (χ3n) is 17.3. The fourth-order valence-electron chi connectivity index (χ4n) is 12.5. The number of nitro groups is 1. The summed E-state index contributed by atoms with van der Waals surface area (Å²) in [5.41, 5.74) is 6.32. The molecule has 2 aromatic heterocycles. The van der Waals surface area contributed by atoms with Crippen LogP contribution in [0.25, 0.3) is 16.6 Å². The number of piperidine rings is 1. The molecule has 1 unspecified atom stereocenters. The molecule has 6 N–H and O–H groups in total. The summed E-state index contributed by atoms with van der Waals surface area (Å²) >= 11 is 6.27. The minimum atomic E-state index is -4.64. The van der Waals surface area contributed by atoms with E-state index in [1.807, 2.05) is 18.2 Å². The highest BCUT2D eigenvalue weighted by atomic mass is 35.5. The van der Waals surface area contributed by atoms with Gasteiger partial charge in [0.2, 0.25) is 11.8 Å². The number of nitro benzene ring substituents is 1. The van der Waals surface area contributed by atoms with E-state index in [1.165, 1.54) is 41.1 Å². The van der Waals surface area contributed by atoms with E-state index in [0.717, 1.165) is 106 Å². The normalized spacial score (nSPS) is 20.0. The van der Waals surface area contributed by atoms with Crippen LogP contribution in [-0.4, -0.2) is 127 Å². The first-order valence-corrected chi connectivity index (χ1v) is 31.3. The number of aromatic nitrogens is 2. The molecule has 4 aromatic carbocycles. The van der Waals surface area contributed by atoms with Gasteiger partial charge in [0.15, 0.2) is 0 Å². The summed E-state index contributed by atoms with van der Waals surface area (Å²) in [4.78, 5) is 89.5. The lowest BCUT2D eigenvalue weighted by Gasteiger charge is -2.39. The molecule has 21 nitrogen and oxygen atoms in total. The van der Waals surface area contributed by atoms with Crippen molar-refractivity contribution in [2.45, 2.75) is 101 Å². The van der Waals surface area contributed by atoms with Crippen LogP contribution in [0.15, 0.2) is 114 Å². The Kier molecular flexibility index (Phi) is 17.6. The number of carbonyl (C=O) groups is 5. The molecular weight excluding hydrogens is 1140 g/mol. The Bertz CT molecular complexity index is 3760. The number of imide groups is 2. The van der Waals surface area contributed by atoms with Gasteiger partial charge in [-0.15, -0.1) is 0 Å². The number of H-pyrrole nitrogens is 1. The van der Waals surface area contributed by atoms with Crippen molar-refractivity contribution in [1.29, 1.82) is 0 Å². The Balaban J connectivity index is 0.670. The summed E-state index contributed by atoms with van der Waals surface area (Å²) in [6, 6.07) is 24.6. The number of halogens is 1. The van der Waals surface area contributed by atoms with Crippen LogP contribution >= 0.6 is 11.6 Å². The molecule has 5 amide bonds. The van der Waals surface area contributed by atoms with Crippen molar-refractivity contribution in [2.24, 2.45) is 11.3 Å². The molecule has 2 saturated heterocycles. The number of pyridine rings is 1. The van der Waals surface area contributed by atoms with E-state index in [2.05, 4.69) is 71.7 Å². The predicted octanol–water partition coefficient (Wildman–Crippen LogP) is 9.68. The number of sulfonamides is 1. The number of hydrogen-bond donors (Lipinski definition) is 6. The maximum atomic E-state index is 14.2. The van der Waals surface area contributed by atoms with E-state index in [1.54, 1.807) is 42.6 Å². The zero-order valence-corrected chi connectivity index (χ0v) is 49.7. The molecule has 5 aliphatic rings. The highest BCUT2D eigenvalue weighted by Crippen LogP contribution is 2.44. The number of hydrogen-bond acceptors (Lipinski definition) is 16. The second-order valence-corrected chi connectivity index (χ2v) is 25.9. The number of nitrogens with one attached hydrogen (secondary N) is 6. The van der Waals surface area contributed by atoms with Gasteiger partial charge in [0, 0.05) is 98.4 Å². The van der Waals surface area contributed by atoms with Gasteiger partial charge in [-0.3, -0.25) is 49.2 Å². The number of rotatable bonds is 21. The Labute approximate surface area is 503 Å². The summed E-state index contributed by atoms with van der Waals surface area (Å²) in [5.74, 6) is -2.52. The number of ether oxygens (including phenoxy) is 1. The maximum absolute atomic E-state index is 14.2.